The van der Waals surface area contributed by atoms with E-state index in [9.17, 15) is 14.4 Å². The quantitative estimate of drug-likeness (QED) is 0.540. The maximum atomic E-state index is 13.7. The van der Waals surface area contributed by atoms with Gasteiger partial charge in [0.25, 0.3) is 0 Å². The normalized spacial score (nSPS) is 19.6. The molecular formula is C28H30N6O3. The van der Waals surface area contributed by atoms with Gasteiger partial charge in [0.2, 0.25) is 11.8 Å². The van der Waals surface area contributed by atoms with Gasteiger partial charge < -0.3 is 15.1 Å². The molecule has 9 heteroatoms. The van der Waals surface area contributed by atoms with Gasteiger partial charge in [-0.3, -0.25) is 19.6 Å². The van der Waals surface area contributed by atoms with Crippen LogP contribution in [0, 0.1) is 0 Å². The highest BCUT2D eigenvalue weighted by molar-refractivity contribution is 5.91. The van der Waals surface area contributed by atoms with Crippen molar-refractivity contribution in [2.45, 2.75) is 31.7 Å². The van der Waals surface area contributed by atoms with Gasteiger partial charge in [0, 0.05) is 26.2 Å². The van der Waals surface area contributed by atoms with Crippen LogP contribution in [0.25, 0.3) is 0 Å². The van der Waals surface area contributed by atoms with E-state index in [-0.39, 0.29) is 30.9 Å². The Labute approximate surface area is 216 Å². The molecule has 3 heterocycles. The maximum absolute atomic E-state index is 13.7. The number of amides is 4. The molecule has 1 N–H and O–H groups in total. The minimum absolute atomic E-state index is 0.0237. The van der Waals surface area contributed by atoms with E-state index in [1.807, 2.05) is 78.9 Å². The zero-order valence-corrected chi connectivity index (χ0v) is 20.7. The Kier molecular flexibility index (Phi) is 7.14. The number of fused-ring (bicyclic) bond motifs is 1. The molecule has 37 heavy (non-hydrogen) atoms. The van der Waals surface area contributed by atoms with Gasteiger partial charge in [-0.25, -0.2) is 4.79 Å². The van der Waals surface area contributed by atoms with Crippen molar-refractivity contribution in [2.75, 3.05) is 20.1 Å². The molecule has 4 amide bonds. The summed E-state index contributed by atoms with van der Waals surface area (Å²) in [6.45, 7) is 1.01. The van der Waals surface area contributed by atoms with Crippen LogP contribution in [0.3, 0.4) is 0 Å². The monoisotopic (exact) mass is 498 g/mol. The molecule has 0 aliphatic carbocycles. The molecule has 2 aliphatic heterocycles. The predicted molar refractivity (Wildman–Crippen MR) is 137 cm³/mol. The van der Waals surface area contributed by atoms with E-state index >= 15 is 0 Å². The van der Waals surface area contributed by atoms with E-state index in [2.05, 4.69) is 10.3 Å². The number of rotatable bonds is 7. The molecule has 1 aromatic heterocycles. The van der Waals surface area contributed by atoms with Crippen LogP contribution in [-0.4, -0.2) is 75.0 Å². The van der Waals surface area contributed by atoms with Crippen molar-refractivity contribution in [3.63, 3.8) is 0 Å². The summed E-state index contributed by atoms with van der Waals surface area (Å²) >= 11 is 0. The summed E-state index contributed by atoms with van der Waals surface area (Å²) in [7, 11) is 1.66. The molecule has 0 spiro atoms. The van der Waals surface area contributed by atoms with Gasteiger partial charge in [0.05, 0.1) is 25.3 Å². The summed E-state index contributed by atoms with van der Waals surface area (Å²) in [6, 6.07) is 24.0. The average molecular weight is 499 g/mol. The second-order valence-electron chi connectivity index (χ2n) is 9.29. The lowest BCUT2D eigenvalue weighted by molar-refractivity contribution is -0.157. The highest BCUT2D eigenvalue weighted by Crippen LogP contribution is 2.29. The number of pyridine rings is 1. The first-order valence-electron chi connectivity index (χ1n) is 12.4. The van der Waals surface area contributed by atoms with Gasteiger partial charge >= 0.3 is 6.03 Å². The van der Waals surface area contributed by atoms with Crippen LogP contribution in [-0.2, 0) is 29.1 Å². The largest absolute Gasteiger partial charge is 0.333 e. The Morgan fingerprint density at radius 3 is 2.32 bits per heavy atom. The van der Waals surface area contributed by atoms with E-state index in [0.29, 0.717) is 19.5 Å². The number of hydrazine groups is 1. The molecule has 9 nitrogen and oxygen atoms in total. The van der Waals surface area contributed by atoms with Crippen molar-refractivity contribution in [2.24, 2.45) is 0 Å². The molecule has 2 saturated heterocycles. The first kappa shape index (κ1) is 24.5. The van der Waals surface area contributed by atoms with Crippen molar-refractivity contribution in [1.29, 1.82) is 0 Å². The SMILES string of the molecule is CN(C(=O)NCc1ccccc1)N1CC(=O)N2[C@@H](Cc3ccccc3)C(=O)N(Cc3ccccn3)C[C@@H]21. The van der Waals surface area contributed by atoms with E-state index in [4.69, 9.17) is 0 Å². The summed E-state index contributed by atoms with van der Waals surface area (Å²) < 4.78 is 0. The number of nitrogens with one attached hydrogen (secondary N) is 1. The fraction of sp³-hybridized carbons (Fsp3) is 0.286. The highest BCUT2D eigenvalue weighted by Gasteiger charge is 2.51. The van der Waals surface area contributed by atoms with E-state index in [1.54, 1.807) is 28.1 Å². The molecular weight excluding hydrogens is 468 g/mol. The van der Waals surface area contributed by atoms with Crippen LogP contribution in [0.15, 0.2) is 85.1 Å². The van der Waals surface area contributed by atoms with Gasteiger partial charge in [-0.1, -0.05) is 66.7 Å². The van der Waals surface area contributed by atoms with Crippen LogP contribution in [0.2, 0.25) is 0 Å². The van der Waals surface area contributed by atoms with Gasteiger partial charge in [-0.05, 0) is 23.3 Å². The molecule has 2 aromatic carbocycles. The molecule has 190 valence electrons. The third-order valence-corrected chi connectivity index (χ3v) is 6.88. The molecule has 2 aliphatic rings. The van der Waals surface area contributed by atoms with Gasteiger partial charge in [0.15, 0.2) is 0 Å². The third kappa shape index (κ3) is 5.31. The lowest BCUT2D eigenvalue weighted by Crippen LogP contribution is -2.65. The first-order valence-corrected chi connectivity index (χ1v) is 12.4. The summed E-state index contributed by atoms with van der Waals surface area (Å²) in [5, 5.41) is 6.13. The summed E-state index contributed by atoms with van der Waals surface area (Å²) in [4.78, 5) is 47.8. The van der Waals surface area contributed by atoms with Crippen molar-refractivity contribution < 1.29 is 14.4 Å². The zero-order valence-electron chi connectivity index (χ0n) is 20.7. The molecule has 2 fully saturated rings. The topological polar surface area (TPSA) is 89.1 Å². The standard InChI is InChI=1S/C28H30N6O3/c1-31(28(37)30-17-22-12-6-3-7-13-22)33-20-26(35)34-24(16-21-10-4-2-5-11-21)27(36)32(19-25(33)34)18-23-14-8-9-15-29-23/h2-15,24-25H,16-20H2,1H3,(H,30,37)/t24-,25+/m0/s1. The number of urea groups is 1. The number of hydrogen-bond donors (Lipinski definition) is 1. The molecule has 2 atom stereocenters. The van der Waals surface area contributed by atoms with Crippen LogP contribution in [0.5, 0.6) is 0 Å². The maximum Gasteiger partial charge on any atom is 0.332 e. The number of carbonyl (C=O) groups excluding carboxylic acids is 3. The lowest BCUT2D eigenvalue weighted by Gasteiger charge is -2.45. The predicted octanol–water partition coefficient (Wildman–Crippen LogP) is 2.26. The van der Waals surface area contributed by atoms with Crippen LogP contribution in [0.4, 0.5) is 4.79 Å². The first-order chi connectivity index (χ1) is 18.0. The second-order valence-corrected chi connectivity index (χ2v) is 9.29. The van der Waals surface area contributed by atoms with Gasteiger partial charge in [-0.2, -0.15) is 5.01 Å². The number of piperazine rings is 1. The minimum Gasteiger partial charge on any atom is -0.333 e. The minimum atomic E-state index is -0.664. The molecule has 0 bridgehead atoms. The number of aromatic nitrogens is 1. The number of hydrogen-bond acceptors (Lipinski definition) is 5. The van der Waals surface area contributed by atoms with E-state index in [1.165, 1.54) is 5.01 Å². The van der Waals surface area contributed by atoms with Gasteiger partial charge in [0.1, 0.15) is 12.2 Å². The summed E-state index contributed by atoms with van der Waals surface area (Å²) in [6.07, 6.45) is 1.64. The number of carbonyl (C=O) groups is 3. The molecule has 3 aromatic rings. The zero-order chi connectivity index (χ0) is 25.8. The smallest absolute Gasteiger partial charge is 0.332 e. The van der Waals surface area contributed by atoms with Crippen LogP contribution < -0.4 is 5.32 Å². The van der Waals surface area contributed by atoms with E-state index < -0.39 is 12.2 Å². The molecule has 0 radical (unpaired) electrons. The Morgan fingerprint density at radius 1 is 0.973 bits per heavy atom. The molecule has 5 rings (SSSR count). The van der Waals surface area contributed by atoms with Gasteiger partial charge in [-0.15, -0.1) is 0 Å². The second kappa shape index (κ2) is 10.8. The van der Waals surface area contributed by atoms with Crippen molar-refractivity contribution >= 4 is 17.8 Å². The third-order valence-electron chi connectivity index (χ3n) is 6.88. The van der Waals surface area contributed by atoms with Crippen LogP contribution >= 0.6 is 0 Å². The fourth-order valence-electron chi connectivity index (χ4n) is 4.98. The Bertz CT molecular complexity index is 1240. The van der Waals surface area contributed by atoms with Crippen LogP contribution in [0.1, 0.15) is 16.8 Å². The van der Waals surface area contributed by atoms with Crippen molar-refractivity contribution in [1.82, 2.24) is 30.1 Å². The molecule has 0 saturated carbocycles. The van der Waals surface area contributed by atoms with Crippen molar-refractivity contribution in [3.05, 3.63) is 102 Å². The average Bonchev–Trinajstić information content (AvgIpc) is 3.26. The molecule has 0 unspecified atom stereocenters. The van der Waals surface area contributed by atoms with E-state index in [0.717, 1.165) is 16.8 Å². The Morgan fingerprint density at radius 2 is 1.65 bits per heavy atom. The summed E-state index contributed by atoms with van der Waals surface area (Å²) in [5.74, 6) is -0.281. The fourth-order valence-corrected chi connectivity index (χ4v) is 4.98. The lowest BCUT2D eigenvalue weighted by atomic mass is 10.0. The Balaban J connectivity index is 1.38. The summed E-state index contributed by atoms with van der Waals surface area (Å²) in [5.41, 5.74) is 2.73. The highest BCUT2D eigenvalue weighted by atomic mass is 16.2. The number of nitrogens with zero attached hydrogens (tertiary/aromatic N) is 5. The number of benzene rings is 2. The van der Waals surface area contributed by atoms with Crippen molar-refractivity contribution in [3.8, 4) is 0 Å². The Hall–Kier alpha value is -4.24.